The highest BCUT2D eigenvalue weighted by Crippen LogP contribution is 2.33. The van der Waals surface area contributed by atoms with Gasteiger partial charge in [-0.1, -0.05) is 23.2 Å². The third-order valence-electron chi connectivity index (χ3n) is 4.01. The second kappa shape index (κ2) is 6.23. The van der Waals surface area contributed by atoms with Crippen LogP contribution in [0.15, 0.2) is 36.5 Å². The maximum Gasteiger partial charge on any atom is 0.322 e. The number of amides is 2. The minimum Gasteiger partial charge on any atom is -0.353 e. The first-order valence-corrected chi connectivity index (χ1v) is 7.96. The fraction of sp³-hybridized carbons (Fsp3) is 0.312. The normalized spacial score (nSPS) is 17.8. The van der Waals surface area contributed by atoms with Crippen molar-refractivity contribution in [2.75, 3.05) is 11.9 Å². The van der Waals surface area contributed by atoms with Crippen LogP contribution < -0.4 is 5.32 Å². The summed E-state index contributed by atoms with van der Waals surface area (Å²) in [4.78, 5) is 14.4. The Balaban J connectivity index is 1.78. The van der Waals surface area contributed by atoms with Gasteiger partial charge in [0.15, 0.2) is 0 Å². The summed E-state index contributed by atoms with van der Waals surface area (Å²) < 4.78 is 2.06. The van der Waals surface area contributed by atoms with E-state index in [1.165, 1.54) is 0 Å². The number of rotatable bonds is 2. The molecule has 22 heavy (non-hydrogen) atoms. The monoisotopic (exact) mass is 337 g/mol. The molecule has 1 saturated heterocycles. The number of halogens is 2. The van der Waals surface area contributed by atoms with Crippen LogP contribution in [0.5, 0.6) is 0 Å². The van der Waals surface area contributed by atoms with Crippen LogP contribution in [0.25, 0.3) is 0 Å². The predicted molar refractivity (Wildman–Crippen MR) is 89.6 cm³/mol. The van der Waals surface area contributed by atoms with Crippen LogP contribution in [0.1, 0.15) is 24.6 Å². The summed E-state index contributed by atoms with van der Waals surface area (Å²) in [7, 11) is 2.00. The zero-order chi connectivity index (χ0) is 15.7. The zero-order valence-corrected chi connectivity index (χ0v) is 13.7. The van der Waals surface area contributed by atoms with Gasteiger partial charge in [0.25, 0.3) is 0 Å². The smallest absolute Gasteiger partial charge is 0.322 e. The van der Waals surface area contributed by atoms with Crippen molar-refractivity contribution < 1.29 is 4.79 Å². The van der Waals surface area contributed by atoms with Gasteiger partial charge < -0.3 is 14.8 Å². The van der Waals surface area contributed by atoms with E-state index in [-0.39, 0.29) is 12.1 Å². The number of hydrogen-bond acceptors (Lipinski definition) is 1. The van der Waals surface area contributed by atoms with Crippen molar-refractivity contribution in [3.8, 4) is 0 Å². The highest BCUT2D eigenvalue weighted by Gasteiger charge is 2.31. The van der Waals surface area contributed by atoms with E-state index in [0.29, 0.717) is 15.7 Å². The molecule has 2 amide bonds. The Bertz CT molecular complexity index is 698. The average molecular weight is 338 g/mol. The van der Waals surface area contributed by atoms with Gasteiger partial charge in [0.1, 0.15) is 0 Å². The minimum atomic E-state index is -0.132. The lowest BCUT2D eigenvalue weighted by Gasteiger charge is -2.25. The summed E-state index contributed by atoms with van der Waals surface area (Å²) >= 11 is 12.0. The third-order valence-corrected chi connectivity index (χ3v) is 4.56. The summed E-state index contributed by atoms with van der Waals surface area (Å²) in [5.74, 6) is 0. The van der Waals surface area contributed by atoms with Crippen molar-refractivity contribution in [3.63, 3.8) is 0 Å². The minimum absolute atomic E-state index is 0.103. The van der Waals surface area contributed by atoms with Crippen LogP contribution in [-0.4, -0.2) is 22.0 Å². The second-order valence-electron chi connectivity index (χ2n) is 5.45. The molecule has 1 aliphatic rings. The van der Waals surface area contributed by atoms with Crippen molar-refractivity contribution in [2.24, 2.45) is 7.05 Å². The first kappa shape index (κ1) is 15.3. The fourth-order valence-electron chi connectivity index (χ4n) is 2.92. The van der Waals surface area contributed by atoms with Gasteiger partial charge >= 0.3 is 6.03 Å². The number of hydrogen-bond donors (Lipinski definition) is 1. The summed E-state index contributed by atoms with van der Waals surface area (Å²) in [5.41, 5.74) is 1.73. The molecule has 116 valence electrons. The van der Waals surface area contributed by atoms with E-state index in [4.69, 9.17) is 23.2 Å². The SMILES string of the molecule is Cn1cccc1C1CCCN1C(=O)Nc1ccc(Cl)cc1Cl. The van der Waals surface area contributed by atoms with E-state index in [0.717, 1.165) is 25.1 Å². The predicted octanol–water partition coefficient (Wildman–Crippen LogP) is 4.70. The third kappa shape index (κ3) is 2.94. The van der Waals surface area contributed by atoms with E-state index in [1.807, 2.05) is 24.2 Å². The van der Waals surface area contributed by atoms with Crippen LogP contribution in [0, 0.1) is 0 Å². The second-order valence-corrected chi connectivity index (χ2v) is 6.29. The highest BCUT2D eigenvalue weighted by atomic mass is 35.5. The molecule has 1 atom stereocenters. The molecule has 6 heteroatoms. The van der Waals surface area contributed by atoms with Crippen molar-refractivity contribution >= 4 is 34.9 Å². The molecule has 2 heterocycles. The average Bonchev–Trinajstić information content (AvgIpc) is 3.09. The first-order chi connectivity index (χ1) is 10.6. The molecule has 3 rings (SSSR count). The van der Waals surface area contributed by atoms with Crippen molar-refractivity contribution in [2.45, 2.75) is 18.9 Å². The molecule has 0 bridgehead atoms. The van der Waals surface area contributed by atoms with Gasteiger partial charge in [0, 0.05) is 30.5 Å². The lowest BCUT2D eigenvalue weighted by Crippen LogP contribution is -2.35. The van der Waals surface area contributed by atoms with Crippen LogP contribution in [0.3, 0.4) is 0 Å². The molecule has 0 spiro atoms. The van der Waals surface area contributed by atoms with E-state index in [2.05, 4.69) is 16.0 Å². The van der Waals surface area contributed by atoms with E-state index >= 15 is 0 Å². The molecule has 4 nitrogen and oxygen atoms in total. The maximum absolute atomic E-state index is 12.6. The lowest BCUT2D eigenvalue weighted by molar-refractivity contribution is 0.205. The lowest BCUT2D eigenvalue weighted by atomic mass is 10.1. The molecular formula is C16H17Cl2N3O. The first-order valence-electron chi connectivity index (χ1n) is 7.20. The Kier molecular flexibility index (Phi) is 4.32. The number of carbonyl (C=O) groups is 1. The maximum atomic E-state index is 12.6. The largest absolute Gasteiger partial charge is 0.353 e. The van der Waals surface area contributed by atoms with Crippen molar-refractivity contribution in [1.82, 2.24) is 9.47 Å². The Morgan fingerprint density at radius 3 is 2.82 bits per heavy atom. The van der Waals surface area contributed by atoms with Crippen LogP contribution in [-0.2, 0) is 7.05 Å². The van der Waals surface area contributed by atoms with E-state index < -0.39 is 0 Å². The number of nitrogens with zero attached hydrogens (tertiary/aromatic N) is 2. The molecule has 0 saturated carbocycles. The van der Waals surface area contributed by atoms with Gasteiger partial charge in [-0.15, -0.1) is 0 Å². The van der Waals surface area contributed by atoms with Crippen LogP contribution in [0.4, 0.5) is 10.5 Å². The Morgan fingerprint density at radius 2 is 2.14 bits per heavy atom. The van der Waals surface area contributed by atoms with Gasteiger partial charge in [-0.25, -0.2) is 4.79 Å². The molecule has 1 unspecified atom stereocenters. The Labute approximate surface area is 139 Å². The van der Waals surface area contributed by atoms with Gasteiger partial charge in [-0.3, -0.25) is 0 Å². The van der Waals surface area contributed by atoms with E-state index in [9.17, 15) is 4.79 Å². The number of likely N-dealkylation sites (tertiary alicyclic amines) is 1. The number of aromatic nitrogens is 1. The zero-order valence-electron chi connectivity index (χ0n) is 12.2. The fourth-order valence-corrected chi connectivity index (χ4v) is 3.37. The topological polar surface area (TPSA) is 37.3 Å². The molecule has 0 radical (unpaired) electrons. The van der Waals surface area contributed by atoms with Gasteiger partial charge in [-0.2, -0.15) is 0 Å². The van der Waals surface area contributed by atoms with Gasteiger partial charge in [0.2, 0.25) is 0 Å². The Morgan fingerprint density at radius 1 is 1.32 bits per heavy atom. The van der Waals surface area contributed by atoms with Crippen molar-refractivity contribution in [1.29, 1.82) is 0 Å². The molecule has 1 aliphatic heterocycles. The van der Waals surface area contributed by atoms with E-state index in [1.54, 1.807) is 18.2 Å². The van der Waals surface area contributed by atoms with Crippen molar-refractivity contribution in [3.05, 3.63) is 52.3 Å². The number of nitrogens with one attached hydrogen (secondary N) is 1. The summed E-state index contributed by atoms with van der Waals surface area (Å²) in [6.07, 6.45) is 3.97. The van der Waals surface area contributed by atoms with Gasteiger partial charge in [-0.05, 0) is 43.2 Å². The molecule has 1 aromatic carbocycles. The van der Waals surface area contributed by atoms with Crippen LogP contribution >= 0.6 is 23.2 Å². The number of aryl methyl sites for hydroxylation is 1. The molecule has 1 aromatic heterocycles. The Hall–Kier alpha value is -1.65. The molecule has 1 N–H and O–H groups in total. The number of urea groups is 1. The summed E-state index contributed by atoms with van der Waals surface area (Å²) in [6.45, 7) is 0.743. The summed E-state index contributed by atoms with van der Waals surface area (Å²) in [6, 6.07) is 9.08. The number of benzene rings is 1. The molecule has 0 aliphatic carbocycles. The molecule has 2 aromatic rings. The molecule has 1 fully saturated rings. The number of carbonyl (C=O) groups excluding carboxylic acids is 1. The molecular weight excluding hydrogens is 321 g/mol. The number of anilines is 1. The highest BCUT2D eigenvalue weighted by molar-refractivity contribution is 6.36. The van der Waals surface area contributed by atoms with Crippen LogP contribution in [0.2, 0.25) is 10.0 Å². The quantitative estimate of drug-likeness (QED) is 0.847. The van der Waals surface area contributed by atoms with Gasteiger partial charge in [0.05, 0.1) is 16.8 Å². The standard InChI is InChI=1S/C16H17Cl2N3O/c1-20-8-2-4-14(20)15-5-3-9-21(15)16(22)19-13-7-6-11(17)10-12(13)18/h2,4,6-8,10,15H,3,5,9H2,1H3,(H,19,22). The summed E-state index contributed by atoms with van der Waals surface area (Å²) in [5, 5.41) is 3.87.